The largest absolute Gasteiger partial charge is 0.496 e. The van der Waals surface area contributed by atoms with Crippen molar-refractivity contribution in [2.24, 2.45) is 0 Å². The fraction of sp³-hybridized carbons (Fsp3) is 0.440. The Morgan fingerprint density at radius 3 is 2.46 bits per heavy atom. The lowest BCUT2D eigenvalue weighted by Gasteiger charge is -2.43. The Morgan fingerprint density at radius 1 is 0.923 bits per heavy atom. The molecule has 4 aromatic rings. The number of ether oxygens (including phenoxy) is 1. The van der Waals surface area contributed by atoms with Crippen molar-refractivity contribution in [3.8, 4) is 17.6 Å². The van der Waals surface area contributed by atoms with Gasteiger partial charge in [0.15, 0.2) is 0 Å². The molecule has 3 saturated heterocycles. The number of unbranched alkanes of at least 4 members (excludes halogenated alkanes) is 2. The lowest BCUT2D eigenvalue weighted by atomic mass is 10.0. The van der Waals surface area contributed by atoms with Crippen LogP contribution in [0.15, 0.2) is 66.9 Å². The molecule has 65 heavy (non-hydrogen) atoms. The molecule has 4 aliphatic rings. The minimum atomic E-state index is -2.48. The van der Waals surface area contributed by atoms with Gasteiger partial charge in [-0.2, -0.15) is 0 Å². The van der Waals surface area contributed by atoms with Crippen LogP contribution in [-0.4, -0.2) is 120 Å². The number of nitrogens with one attached hydrogen (secondary N) is 1. The number of methoxy groups -OCH3 is 1. The SMILES string of the molecule is COc1cc(N2CCC(N3CCN(C(=O)CCCCC#Cc4cccc5c4CN(C4CCC(=O)NC4=O)C5=O)CC3)CC2)ccc1Cc1ncc(Cl)c(Cc2ccccc2P(C)(C)=O)n1. The molecule has 13 nitrogen and oxygen atoms in total. The van der Waals surface area contributed by atoms with Gasteiger partial charge in [-0.05, 0) is 74.8 Å². The highest BCUT2D eigenvalue weighted by molar-refractivity contribution is 7.70. The van der Waals surface area contributed by atoms with Gasteiger partial charge in [-0.15, -0.1) is 0 Å². The highest BCUT2D eigenvalue weighted by atomic mass is 35.5. The predicted molar refractivity (Wildman–Crippen MR) is 252 cm³/mol. The van der Waals surface area contributed by atoms with Gasteiger partial charge in [-0.25, -0.2) is 9.97 Å². The van der Waals surface area contributed by atoms with Gasteiger partial charge in [0, 0.05) is 124 Å². The highest BCUT2D eigenvalue weighted by Crippen LogP contribution is 2.37. The second-order valence-electron chi connectivity index (χ2n) is 17.8. The molecular weight excluding hydrogens is 861 g/mol. The first kappa shape index (κ1) is 46.0. The van der Waals surface area contributed by atoms with E-state index in [-0.39, 0.29) is 24.1 Å². The van der Waals surface area contributed by atoms with E-state index in [2.05, 4.69) is 50.1 Å². The van der Waals surface area contributed by atoms with Crippen LogP contribution in [-0.2, 0) is 38.3 Å². The van der Waals surface area contributed by atoms with E-state index in [0.717, 1.165) is 104 Å². The molecule has 3 fully saturated rings. The smallest absolute Gasteiger partial charge is 0.255 e. The minimum Gasteiger partial charge on any atom is -0.496 e. The van der Waals surface area contributed by atoms with Crippen LogP contribution in [0.4, 0.5) is 5.69 Å². The van der Waals surface area contributed by atoms with Crippen molar-refractivity contribution in [2.75, 3.05) is 64.6 Å². The zero-order chi connectivity index (χ0) is 45.7. The lowest BCUT2D eigenvalue weighted by molar-refractivity contribution is -0.137. The lowest BCUT2D eigenvalue weighted by Crippen LogP contribution is -2.54. The Hall–Kier alpha value is -5.54. The Kier molecular flexibility index (Phi) is 14.4. The maximum absolute atomic E-state index is 13.2. The van der Waals surface area contributed by atoms with E-state index in [9.17, 15) is 23.7 Å². The summed E-state index contributed by atoms with van der Waals surface area (Å²) in [4.78, 5) is 68.3. The van der Waals surface area contributed by atoms with Crippen molar-refractivity contribution >= 4 is 53.4 Å². The first-order chi connectivity index (χ1) is 31.4. The fourth-order valence-electron chi connectivity index (χ4n) is 9.60. The van der Waals surface area contributed by atoms with Gasteiger partial charge in [0.25, 0.3) is 5.91 Å². The first-order valence-electron chi connectivity index (χ1n) is 22.7. The van der Waals surface area contributed by atoms with Crippen LogP contribution in [0.5, 0.6) is 5.75 Å². The average Bonchev–Trinajstić information content (AvgIpc) is 3.64. The Bertz CT molecular complexity index is 2570. The van der Waals surface area contributed by atoms with Crippen molar-refractivity contribution in [1.82, 2.24) is 30.0 Å². The molecule has 5 heterocycles. The van der Waals surface area contributed by atoms with Crippen LogP contribution in [0.1, 0.15) is 95.5 Å². The van der Waals surface area contributed by atoms with Crippen molar-refractivity contribution in [2.45, 2.75) is 82.8 Å². The van der Waals surface area contributed by atoms with Crippen LogP contribution in [0, 0.1) is 11.8 Å². The number of hydrogen-bond donors (Lipinski definition) is 1. The maximum Gasteiger partial charge on any atom is 0.255 e. The number of carbonyl (C=O) groups is 4. The highest BCUT2D eigenvalue weighted by Gasteiger charge is 2.40. The normalized spacial score (nSPS) is 18.3. The second-order valence-corrected chi connectivity index (χ2v) is 21.4. The van der Waals surface area contributed by atoms with Crippen molar-refractivity contribution in [1.29, 1.82) is 0 Å². The molecule has 0 radical (unpaired) electrons. The third kappa shape index (κ3) is 10.8. The van der Waals surface area contributed by atoms with Crippen LogP contribution in [0.25, 0.3) is 0 Å². The number of hydrogen-bond acceptors (Lipinski definition) is 10. The molecule has 3 aromatic carbocycles. The van der Waals surface area contributed by atoms with E-state index >= 15 is 0 Å². The summed E-state index contributed by atoms with van der Waals surface area (Å²) in [6.07, 6.45) is 7.97. The zero-order valence-electron chi connectivity index (χ0n) is 37.5. The van der Waals surface area contributed by atoms with Crippen LogP contribution in [0.2, 0.25) is 5.02 Å². The molecule has 0 bridgehead atoms. The Morgan fingerprint density at radius 2 is 1.71 bits per heavy atom. The molecule has 1 aromatic heterocycles. The number of anilines is 1. The summed E-state index contributed by atoms with van der Waals surface area (Å²) in [5.74, 6) is 7.16. The quantitative estimate of drug-likeness (QED) is 0.0728. The van der Waals surface area contributed by atoms with Crippen LogP contribution in [0.3, 0.4) is 0 Å². The third-order valence-electron chi connectivity index (χ3n) is 13.2. The number of aromatic nitrogens is 2. The maximum atomic E-state index is 13.2. The molecule has 4 aliphatic heterocycles. The van der Waals surface area contributed by atoms with Crippen molar-refractivity contribution in [3.05, 3.63) is 111 Å². The molecule has 1 atom stereocenters. The van der Waals surface area contributed by atoms with Gasteiger partial charge in [0.05, 0.1) is 17.8 Å². The summed E-state index contributed by atoms with van der Waals surface area (Å²) in [6.45, 7) is 9.00. The summed E-state index contributed by atoms with van der Waals surface area (Å²) < 4.78 is 18.9. The number of piperazine rings is 1. The van der Waals surface area contributed by atoms with Gasteiger partial charge in [0.2, 0.25) is 17.7 Å². The Balaban J connectivity index is 0.761. The van der Waals surface area contributed by atoms with E-state index < -0.39 is 19.1 Å². The first-order valence-corrected chi connectivity index (χ1v) is 25.7. The van der Waals surface area contributed by atoms with Crippen molar-refractivity contribution in [3.63, 3.8) is 0 Å². The van der Waals surface area contributed by atoms with Gasteiger partial charge in [-0.3, -0.25) is 29.4 Å². The molecule has 4 amide bonds. The number of benzene rings is 3. The molecule has 8 rings (SSSR count). The number of imide groups is 1. The molecular formula is C50H57ClN7O6P. The summed E-state index contributed by atoms with van der Waals surface area (Å²) in [5, 5.41) is 3.67. The number of halogens is 1. The average molecular weight is 918 g/mol. The molecule has 0 spiro atoms. The minimum absolute atomic E-state index is 0.202. The molecule has 1 N–H and O–H groups in total. The number of carbonyl (C=O) groups excluding carboxylic acids is 4. The van der Waals surface area contributed by atoms with E-state index in [1.807, 2.05) is 41.3 Å². The zero-order valence-corrected chi connectivity index (χ0v) is 39.1. The number of nitrogens with zero attached hydrogens (tertiary/aromatic N) is 6. The molecule has 340 valence electrons. The van der Waals surface area contributed by atoms with Gasteiger partial charge in [0.1, 0.15) is 24.8 Å². The molecule has 1 unspecified atom stereocenters. The van der Waals surface area contributed by atoms with Gasteiger partial charge < -0.3 is 24.0 Å². The van der Waals surface area contributed by atoms with Crippen LogP contribution >= 0.6 is 18.7 Å². The van der Waals surface area contributed by atoms with E-state index in [1.165, 1.54) is 0 Å². The molecule has 0 aliphatic carbocycles. The second kappa shape index (κ2) is 20.3. The van der Waals surface area contributed by atoms with Gasteiger partial charge in [-0.1, -0.05) is 59.8 Å². The van der Waals surface area contributed by atoms with E-state index in [1.54, 1.807) is 37.6 Å². The predicted octanol–water partition coefficient (Wildman–Crippen LogP) is 6.05. The number of piperidine rings is 2. The number of rotatable bonds is 13. The topological polar surface area (TPSA) is 145 Å². The molecule has 0 saturated carbocycles. The Labute approximate surface area is 386 Å². The third-order valence-corrected chi connectivity index (χ3v) is 15.1. The molecule has 15 heteroatoms. The van der Waals surface area contributed by atoms with E-state index in [0.29, 0.717) is 66.8 Å². The van der Waals surface area contributed by atoms with Crippen LogP contribution < -0.4 is 20.3 Å². The summed E-state index contributed by atoms with van der Waals surface area (Å²) in [5.41, 5.74) is 5.93. The number of amides is 4. The monoisotopic (exact) mass is 917 g/mol. The number of fused-ring (bicyclic) bond motifs is 1. The standard InChI is InChI=1S/C50H57ClN7O6P/c1-64-44-31-38(18-17-35(44)30-46-52-32-41(51)42(53-46)29-36-12-8-9-15-45(36)65(2,3)63)55-23-21-37(22-24-55)56-25-27-57(28-26-56)48(60)16-7-5-4-6-11-34-13-10-14-39-40(34)33-58(50(39)62)43-19-20-47(59)54-49(43)61/h8-10,12-15,17-18,31-32,37,43H,4-5,7,16,19-30,33H2,1-3H3,(H,54,59,61). The van der Waals surface area contributed by atoms with Gasteiger partial charge >= 0.3 is 0 Å². The van der Waals surface area contributed by atoms with E-state index in [4.69, 9.17) is 21.3 Å². The van der Waals surface area contributed by atoms with Crippen molar-refractivity contribution < 1.29 is 28.5 Å². The fourth-order valence-corrected chi connectivity index (χ4v) is 11.0. The summed E-state index contributed by atoms with van der Waals surface area (Å²) in [7, 11) is -0.786. The summed E-state index contributed by atoms with van der Waals surface area (Å²) >= 11 is 6.57. The summed E-state index contributed by atoms with van der Waals surface area (Å²) in [6, 6.07) is 19.4.